The molecule has 1 heterocycles. The first-order valence-electron chi connectivity index (χ1n) is 11.7. The maximum absolute atomic E-state index is 12.1. The zero-order chi connectivity index (χ0) is 25.1. The maximum Gasteiger partial charge on any atom is 0.271 e. The molecule has 0 spiro atoms. The van der Waals surface area contributed by atoms with Crippen molar-refractivity contribution in [3.8, 4) is 5.75 Å². The highest BCUT2D eigenvalue weighted by molar-refractivity contribution is 5.96. The molecule has 0 aliphatic rings. The van der Waals surface area contributed by atoms with Gasteiger partial charge in [-0.05, 0) is 52.8 Å². The van der Waals surface area contributed by atoms with Crippen LogP contribution in [0.4, 0.5) is 17.3 Å². The molecule has 0 radical (unpaired) electrons. The average molecular weight is 472 g/mol. The number of nitrogens with one attached hydrogen (secondary N) is 3. The van der Waals surface area contributed by atoms with E-state index in [9.17, 15) is 9.59 Å². The molecular formula is C24H37N7O3. The van der Waals surface area contributed by atoms with E-state index in [0.717, 1.165) is 24.6 Å². The molecular weight excluding hydrogens is 434 g/mol. The molecule has 0 saturated carbocycles. The fraction of sp³-hybridized carbons (Fsp3) is 0.500. The zero-order valence-electron chi connectivity index (χ0n) is 20.8. The molecule has 0 unspecified atom stereocenters. The summed E-state index contributed by atoms with van der Waals surface area (Å²) >= 11 is 0. The van der Waals surface area contributed by atoms with E-state index in [-0.39, 0.29) is 17.6 Å². The van der Waals surface area contributed by atoms with Crippen molar-refractivity contribution < 1.29 is 14.3 Å². The van der Waals surface area contributed by atoms with Crippen LogP contribution < -0.4 is 31.3 Å². The van der Waals surface area contributed by atoms with Gasteiger partial charge in [-0.3, -0.25) is 9.59 Å². The number of hydrogen-bond donors (Lipinski definition) is 4. The minimum Gasteiger partial charge on any atom is -0.493 e. The molecule has 34 heavy (non-hydrogen) atoms. The number of likely N-dealkylation sites (N-methyl/N-ethyl adjacent to an activating group) is 1. The van der Waals surface area contributed by atoms with Crippen LogP contribution in [0, 0.1) is 0 Å². The molecule has 1 aromatic heterocycles. The normalized spacial score (nSPS) is 11.6. The smallest absolute Gasteiger partial charge is 0.271 e. The minimum atomic E-state index is -0.641. The van der Waals surface area contributed by atoms with E-state index in [1.807, 2.05) is 45.0 Å². The molecule has 0 saturated heterocycles. The number of nitrogens with zero attached hydrogens (tertiary/aromatic N) is 3. The van der Waals surface area contributed by atoms with Gasteiger partial charge in [-0.15, -0.1) is 0 Å². The number of aromatic nitrogens is 2. The van der Waals surface area contributed by atoms with Crippen LogP contribution in [0.5, 0.6) is 5.75 Å². The molecule has 186 valence electrons. The molecule has 1 atom stereocenters. The van der Waals surface area contributed by atoms with Crippen LogP contribution >= 0.6 is 0 Å². The number of nitrogens with two attached hydrogens (primary N) is 1. The number of carbonyl (C=O) groups is 2. The fourth-order valence-corrected chi connectivity index (χ4v) is 3.29. The van der Waals surface area contributed by atoms with Crippen molar-refractivity contribution in [3.05, 3.63) is 35.7 Å². The number of primary amides is 1. The molecule has 2 rings (SSSR count). The van der Waals surface area contributed by atoms with Gasteiger partial charge < -0.3 is 31.3 Å². The van der Waals surface area contributed by atoms with Crippen LogP contribution in [0.25, 0.3) is 0 Å². The van der Waals surface area contributed by atoms with Crippen LogP contribution in [0.3, 0.4) is 0 Å². The first-order chi connectivity index (χ1) is 16.3. The molecule has 5 N–H and O–H groups in total. The molecule has 1 aromatic carbocycles. The molecule has 10 nitrogen and oxygen atoms in total. The molecule has 2 amide bonds. The number of hydrogen-bond acceptors (Lipinski definition) is 8. The lowest BCUT2D eigenvalue weighted by Crippen LogP contribution is -2.40. The summed E-state index contributed by atoms with van der Waals surface area (Å²) in [6.45, 7) is 10.4. The molecule has 0 fully saturated rings. The third kappa shape index (κ3) is 7.31. The zero-order valence-corrected chi connectivity index (χ0v) is 20.8. The maximum atomic E-state index is 12.1. The largest absolute Gasteiger partial charge is 0.493 e. The van der Waals surface area contributed by atoms with Gasteiger partial charge >= 0.3 is 0 Å². The lowest BCUT2D eigenvalue weighted by molar-refractivity contribution is -0.122. The van der Waals surface area contributed by atoms with Gasteiger partial charge in [-0.25, -0.2) is 9.97 Å². The summed E-state index contributed by atoms with van der Waals surface area (Å²) < 4.78 is 5.82. The van der Waals surface area contributed by atoms with Crippen LogP contribution in [0.1, 0.15) is 50.3 Å². The van der Waals surface area contributed by atoms with Gasteiger partial charge in [0.25, 0.3) is 5.91 Å². The Hall–Kier alpha value is -3.40. The third-order valence-corrected chi connectivity index (χ3v) is 5.39. The second-order valence-electron chi connectivity index (χ2n) is 7.74. The van der Waals surface area contributed by atoms with Crippen molar-refractivity contribution in [2.24, 2.45) is 5.73 Å². The van der Waals surface area contributed by atoms with Gasteiger partial charge in [0.1, 0.15) is 5.75 Å². The van der Waals surface area contributed by atoms with E-state index in [1.54, 1.807) is 14.0 Å². The summed E-state index contributed by atoms with van der Waals surface area (Å²) in [6.07, 6.45) is 1.31. The number of ether oxygens (including phenoxy) is 1. The molecule has 0 aliphatic heterocycles. The summed E-state index contributed by atoms with van der Waals surface area (Å²) in [6, 6.07) is 7.12. The van der Waals surface area contributed by atoms with Gasteiger partial charge in [0.2, 0.25) is 5.91 Å². The van der Waals surface area contributed by atoms with Crippen molar-refractivity contribution >= 4 is 29.1 Å². The highest BCUT2D eigenvalue weighted by atomic mass is 16.5. The summed E-state index contributed by atoms with van der Waals surface area (Å²) in [5, 5.41) is 8.94. The number of anilines is 3. The topological polar surface area (TPSA) is 134 Å². The Kier molecular flexibility index (Phi) is 10.5. The lowest BCUT2D eigenvalue weighted by atomic mass is 10.2. The molecule has 0 aliphatic carbocycles. The number of aryl methyl sites for hydroxylation is 1. The van der Waals surface area contributed by atoms with Crippen LogP contribution in [0.2, 0.25) is 0 Å². The van der Waals surface area contributed by atoms with Crippen molar-refractivity contribution in [1.82, 2.24) is 20.6 Å². The third-order valence-electron chi connectivity index (χ3n) is 5.39. The Labute approximate surface area is 201 Å². The predicted octanol–water partition coefficient (Wildman–Crippen LogP) is 2.22. The van der Waals surface area contributed by atoms with Crippen molar-refractivity contribution in [2.75, 3.05) is 43.5 Å². The van der Waals surface area contributed by atoms with E-state index in [2.05, 4.69) is 25.8 Å². The van der Waals surface area contributed by atoms with Crippen LogP contribution in [-0.4, -0.2) is 61.1 Å². The van der Waals surface area contributed by atoms with E-state index >= 15 is 0 Å². The highest BCUT2D eigenvalue weighted by Gasteiger charge is 2.19. The first kappa shape index (κ1) is 26.8. The van der Waals surface area contributed by atoms with E-state index in [4.69, 9.17) is 15.5 Å². The summed E-state index contributed by atoms with van der Waals surface area (Å²) in [4.78, 5) is 35.2. The highest BCUT2D eigenvalue weighted by Crippen LogP contribution is 2.26. The van der Waals surface area contributed by atoms with Gasteiger partial charge in [0.05, 0.1) is 18.3 Å². The Morgan fingerprint density at radius 3 is 2.53 bits per heavy atom. The second kappa shape index (κ2) is 13.3. The molecule has 2 aromatic rings. The van der Waals surface area contributed by atoms with E-state index in [0.29, 0.717) is 43.2 Å². The Morgan fingerprint density at radius 2 is 1.91 bits per heavy atom. The molecule has 10 heteroatoms. The van der Waals surface area contributed by atoms with E-state index < -0.39 is 5.91 Å². The standard InChI is InChI=1S/C24H37N7O3/c1-6-19-23(31(7-2)8-3)30-22(20(29-19)21(25)32)28-17-11-9-12-18(15-17)34-14-10-13-27-24(33)16(4)26-5/h9,11-12,15-16,26H,6-8,10,13-14H2,1-5H3,(H2,25,32)(H,27,33)(H,28,30)/t16-/m0/s1. The Morgan fingerprint density at radius 1 is 1.18 bits per heavy atom. The molecule has 0 bridgehead atoms. The van der Waals surface area contributed by atoms with Crippen LogP contribution in [0.15, 0.2) is 24.3 Å². The van der Waals surface area contributed by atoms with Crippen LogP contribution in [-0.2, 0) is 11.2 Å². The van der Waals surface area contributed by atoms with Gasteiger partial charge in [0, 0.05) is 31.4 Å². The summed E-state index contributed by atoms with van der Waals surface area (Å²) in [7, 11) is 1.74. The monoisotopic (exact) mass is 471 g/mol. The predicted molar refractivity (Wildman–Crippen MR) is 135 cm³/mol. The Balaban J connectivity index is 2.12. The lowest BCUT2D eigenvalue weighted by Gasteiger charge is -2.23. The quantitative estimate of drug-likeness (QED) is 0.308. The first-order valence-corrected chi connectivity index (χ1v) is 11.7. The van der Waals surface area contributed by atoms with Gasteiger partial charge in [-0.2, -0.15) is 0 Å². The summed E-state index contributed by atoms with van der Waals surface area (Å²) in [5.41, 5.74) is 7.13. The number of rotatable bonds is 14. The van der Waals surface area contributed by atoms with Crippen molar-refractivity contribution in [1.29, 1.82) is 0 Å². The van der Waals surface area contributed by atoms with Crippen molar-refractivity contribution in [3.63, 3.8) is 0 Å². The second-order valence-corrected chi connectivity index (χ2v) is 7.74. The van der Waals surface area contributed by atoms with Gasteiger partial charge in [0.15, 0.2) is 17.3 Å². The Bertz CT molecular complexity index is 964. The minimum absolute atomic E-state index is 0.0433. The SMILES string of the molecule is CCc1nc(C(N)=O)c(Nc2cccc(OCCCNC(=O)[C@H](C)NC)c2)nc1N(CC)CC. The van der Waals surface area contributed by atoms with Gasteiger partial charge in [-0.1, -0.05) is 13.0 Å². The van der Waals surface area contributed by atoms with Crippen molar-refractivity contribution in [2.45, 2.75) is 46.6 Å². The summed E-state index contributed by atoms with van der Waals surface area (Å²) in [5.74, 6) is 1.02. The van der Waals surface area contributed by atoms with E-state index in [1.165, 1.54) is 0 Å². The average Bonchev–Trinajstić information content (AvgIpc) is 2.84. The number of amides is 2. The fourth-order valence-electron chi connectivity index (χ4n) is 3.29. The number of benzene rings is 1. The number of carbonyl (C=O) groups excluding carboxylic acids is 2.